The van der Waals surface area contributed by atoms with Gasteiger partial charge in [-0.25, -0.2) is 4.98 Å². The van der Waals surface area contributed by atoms with Crippen LogP contribution in [-0.4, -0.2) is 15.2 Å². The number of nitrogens with zero attached hydrogens (tertiary/aromatic N) is 3. The van der Waals surface area contributed by atoms with Gasteiger partial charge in [-0.15, -0.1) is 10.2 Å². The fourth-order valence-corrected chi connectivity index (χ4v) is 1.87. The molecular weight excluding hydrogens is 262 g/mol. The molecule has 0 saturated carbocycles. The zero-order chi connectivity index (χ0) is 13.2. The highest BCUT2D eigenvalue weighted by Crippen LogP contribution is 2.27. The molecular formula is C14H10ClN3O. The molecule has 4 nitrogen and oxygen atoms in total. The highest BCUT2D eigenvalue weighted by atomic mass is 35.5. The first-order valence-corrected chi connectivity index (χ1v) is 6.14. The lowest BCUT2D eigenvalue weighted by Crippen LogP contribution is -1.93. The van der Waals surface area contributed by atoms with Crippen molar-refractivity contribution in [1.29, 1.82) is 0 Å². The standard InChI is InChI=1S/C14H10ClN3O/c1-9-5-6-10-3-2-4-11(14(10)16-9)19-13-8-7-12(15)17-18-13/h2-8H,1H3. The van der Waals surface area contributed by atoms with E-state index in [1.165, 1.54) is 0 Å². The molecule has 0 aliphatic carbocycles. The highest BCUT2D eigenvalue weighted by Gasteiger charge is 2.06. The van der Waals surface area contributed by atoms with E-state index in [2.05, 4.69) is 15.2 Å². The molecule has 2 aromatic heterocycles. The van der Waals surface area contributed by atoms with E-state index in [0.717, 1.165) is 16.6 Å². The van der Waals surface area contributed by atoms with Crippen LogP contribution in [0.3, 0.4) is 0 Å². The molecule has 2 heterocycles. The molecule has 0 bridgehead atoms. The van der Waals surface area contributed by atoms with Gasteiger partial charge in [0.1, 0.15) is 5.52 Å². The second-order valence-corrected chi connectivity index (χ2v) is 4.46. The van der Waals surface area contributed by atoms with Gasteiger partial charge in [-0.2, -0.15) is 0 Å². The van der Waals surface area contributed by atoms with Crippen LogP contribution in [0.25, 0.3) is 10.9 Å². The molecule has 3 aromatic rings. The van der Waals surface area contributed by atoms with Crippen LogP contribution < -0.4 is 4.74 Å². The Hall–Kier alpha value is -2.20. The van der Waals surface area contributed by atoms with E-state index in [1.54, 1.807) is 12.1 Å². The van der Waals surface area contributed by atoms with E-state index in [1.807, 2.05) is 37.3 Å². The molecule has 0 aliphatic heterocycles. The van der Waals surface area contributed by atoms with Crippen LogP contribution in [0.4, 0.5) is 0 Å². The van der Waals surface area contributed by atoms with Gasteiger partial charge < -0.3 is 4.74 Å². The van der Waals surface area contributed by atoms with Gasteiger partial charge in [0.15, 0.2) is 10.9 Å². The molecule has 1 aromatic carbocycles. The Balaban J connectivity index is 2.05. The number of para-hydroxylation sites is 1. The maximum atomic E-state index is 5.71. The summed E-state index contributed by atoms with van der Waals surface area (Å²) in [5.41, 5.74) is 1.74. The lowest BCUT2D eigenvalue weighted by Gasteiger charge is -2.07. The minimum absolute atomic E-state index is 0.333. The van der Waals surface area contributed by atoms with Crippen molar-refractivity contribution < 1.29 is 4.74 Å². The summed E-state index contributed by atoms with van der Waals surface area (Å²) in [5.74, 6) is 1.04. The van der Waals surface area contributed by atoms with E-state index < -0.39 is 0 Å². The number of rotatable bonds is 2. The van der Waals surface area contributed by atoms with Crippen molar-refractivity contribution in [3.05, 3.63) is 53.3 Å². The van der Waals surface area contributed by atoms with Crippen molar-refractivity contribution in [2.45, 2.75) is 6.92 Å². The van der Waals surface area contributed by atoms with Gasteiger partial charge in [0.25, 0.3) is 0 Å². The van der Waals surface area contributed by atoms with Crippen LogP contribution in [0.2, 0.25) is 5.15 Å². The summed E-state index contributed by atoms with van der Waals surface area (Å²) >= 11 is 5.69. The Kier molecular flexibility index (Phi) is 3.01. The largest absolute Gasteiger partial charge is 0.435 e. The first-order chi connectivity index (χ1) is 9.22. The van der Waals surface area contributed by atoms with Gasteiger partial charge in [-0.3, -0.25) is 0 Å². The lowest BCUT2D eigenvalue weighted by atomic mass is 10.2. The molecule has 0 saturated heterocycles. The van der Waals surface area contributed by atoms with Crippen molar-refractivity contribution in [2.24, 2.45) is 0 Å². The minimum Gasteiger partial charge on any atom is -0.435 e. The Morgan fingerprint density at radius 2 is 1.89 bits per heavy atom. The first-order valence-electron chi connectivity index (χ1n) is 5.76. The normalized spacial score (nSPS) is 10.6. The average Bonchev–Trinajstić information content (AvgIpc) is 2.42. The van der Waals surface area contributed by atoms with Gasteiger partial charge in [0, 0.05) is 17.1 Å². The van der Waals surface area contributed by atoms with Crippen LogP contribution in [0.1, 0.15) is 5.69 Å². The maximum Gasteiger partial charge on any atom is 0.239 e. The van der Waals surface area contributed by atoms with E-state index in [-0.39, 0.29) is 0 Å². The third-order valence-electron chi connectivity index (χ3n) is 2.64. The summed E-state index contributed by atoms with van der Waals surface area (Å²) in [5, 5.41) is 8.96. The van der Waals surface area contributed by atoms with Crippen molar-refractivity contribution in [2.75, 3.05) is 0 Å². The number of ether oxygens (including phenoxy) is 1. The van der Waals surface area contributed by atoms with Crippen LogP contribution in [-0.2, 0) is 0 Å². The number of fused-ring (bicyclic) bond motifs is 1. The van der Waals surface area contributed by atoms with Crippen molar-refractivity contribution in [1.82, 2.24) is 15.2 Å². The number of pyridine rings is 1. The van der Waals surface area contributed by atoms with E-state index >= 15 is 0 Å². The Labute approximate surface area is 115 Å². The zero-order valence-electron chi connectivity index (χ0n) is 10.2. The second kappa shape index (κ2) is 4.82. The van der Waals surface area contributed by atoms with Crippen molar-refractivity contribution in [3.63, 3.8) is 0 Å². The molecule has 0 fully saturated rings. The summed E-state index contributed by atoms with van der Waals surface area (Å²) in [6, 6.07) is 13.0. The fourth-order valence-electron chi connectivity index (χ4n) is 1.77. The van der Waals surface area contributed by atoms with Crippen LogP contribution in [0, 0.1) is 6.92 Å². The highest BCUT2D eigenvalue weighted by molar-refractivity contribution is 6.29. The SMILES string of the molecule is Cc1ccc2cccc(Oc3ccc(Cl)nn3)c2n1. The molecule has 5 heteroatoms. The average molecular weight is 272 g/mol. The summed E-state index contributed by atoms with van der Waals surface area (Å²) in [6.45, 7) is 1.94. The van der Waals surface area contributed by atoms with E-state index in [0.29, 0.717) is 16.8 Å². The predicted octanol–water partition coefficient (Wildman–Crippen LogP) is 3.78. The van der Waals surface area contributed by atoms with Gasteiger partial charge in [-0.05, 0) is 25.1 Å². The summed E-state index contributed by atoms with van der Waals surface area (Å²) in [4.78, 5) is 4.49. The molecule has 0 unspecified atom stereocenters. The molecule has 0 aliphatic rings. The monoisotopic (exact) mass is 271 g/mol. The smallest absolute Gasteiger partial charge is 0.239 e. The number of aryl methyl sites for hydroxylation is 1. The summed E-state index contributed by atoms with van der Waals surface area (Å²) in [7, 11) is 0. The van der Waals surface area contributed by atoms with Crippen LogP contribution in [0.15, 0.2) is 42.5 Å². The Morgan fingerprint density at radius 3 is 2.68 bits per heavy atom. The van der Waals surface area contributed by atoms with Crippen molar-refractivity contribution >= 4 is 22.5 Å². The molecule has 0 amide bonds. The molecule has 3 rings (SSSR count). The van der Waals surface area contributed by atoms with Gasteiger partial charge in [0.2, 0.25) is 5.88 Å². The topological polar surface area (TPSA) is 47.9 Å². The first kappa shape index (κ1) is 11.9. The summed E-state index contributed by atoms with van der Waals surface area (Å²) in [6.07, 6.45) is 0. The number of halogens is 1. The second-order valence-electron chi connectivity index (χ2n) is 4.08. The van der Waals surface area contributed by atoms with Crippen LogP contribution in [0.5, 0.6) is 11.6 Å². The Bertz CT molecular complexity index is 728. The number of aromatic nitrogens is 3. The van der Waals surface area contributed by atoms with E-state index in [9.17, 15) is 0 Å². The molecule has 94 valence electrons. The maximum absolute atomic E-state index is 5.71. The van der Waals surface area contributed by atoms with Gasteiger partial charge >= 0.3 is 0 Å². The predicted molar refractivity (Wildman–Crippen MR) is 73.6 cm³/mol. The van der Waals surface area contributed by atoms with Crippen LogP contribution >= 0.6 is 11.6 Å². The molecule has 19 heavy (non-hydrogen) atoms. The third-order valence-corrected chi connectivity index (χ3v) is 2.85. The molecule has 0 atom stereocenters. The quantitative estimate of drug-likeness (QED) is 0.712. The number of hydrogen-bond donors (Lipinski definition) is 0. The zero-order valence-corrected chi connectivity index (χ0v) is 10.9. The molecule has 0 spiro atoms. The minimum atomic E-state index is 0.333. The fraction of sp³-hybridized carbons (Fsp3) is 0.0714. The number of benzene rings is 1. The van der Waals surface area contributed by atoms with E-state index in [4.69, 9.17) is 16.3 Å². The lowest BCUT2D eigenvalue weighted by molar-refractivity contribution is 0.459. The molecule has 0 N–H and O–H groups in total. The summed E-state index contributed by atoms with van der Waals surface area (Å²) < 4.78 is 5.71. The molecule has 0 radical (unpaired) electrons. The van der Waals surface area contributed by atoms with Crippen molar-refractivity contribution in [3.8, 4) is 11.6 Å². The number of hydrogen-bond acceptors (Lipinski definition) is 4. The third kappa shape index (κ3) is 2.48. The Morgan fingerprint density at radius 1 is 1.00 bits per heavy atom. The van der Waals surface area contributed by atoms with Gasteiger partial charge in [-0.1, -0.05) is 29.8 Å². The van der Waals surface area contributed by atoms with Gasteiger partial charge in [0.05, 0.1) is 0 Å².